The van der Waals surface area contributed by atoms with E-state index < -0.39 is 22.2 Å². The van der Waals surface area contributed by atoms with Crippen LogP contribution in [0.25, 0.3) is 0 Å². The summed E-state index contributed by atoms with van der Waals surface area (Å²) in [6.07, 6.45) is 1.57. The highest BCUT2D eigenvalue weighted by Gasteiger charge is 2.14. The Labute approximate surface area is 192 Å². The number of aromatic nitrogens is 1. The minimum atomic E-state index is -3.78. The standard InChI is InChI=1S/C22H26N6O4S/c23-21-10-3-16(13-26-21)20(29)14-25-12-11-15-1-4-18(5-2-15)28-33(31,32)19-8-6-17(7-9-19)27-22(24)30/h1-10,13,20,25,28-29H,11-12,14H2,(H2,23,26)(H3,24,27,30). The third kappa shape index (κ3) is 7.17. The molecule has 3 rings (SSSR count). The lowest BCUT2D eigenvalue weighted by molar-refractivity contribution is 0.175. The van der Waals surface area contributed by atoms with Crippen molar-refractivity contribution < 1.29 is 18.3 Å². The van der Waals surface area contributed by atoms with E-state index in [4.69, 9.17) is 11.5 Å². The Kier molecular flexibility index (Phi) is 7.83. The van der Waals surface area contributed by atoms with Crippen molar-refractivity contribution in [2.75, 3.05) is 28.9 Å². The third-order valence-corrected chi connectivity index (χ3v) is 6.16. The number of sulfonamides is 1. The molecule has 0 aliphatic heterocycles. The van der Waals surface area contributed by atoms with Crippen LogP contribution >= 0.6 is 0 Å². The summed E-state index contributed by atoms with van der Waals surface area (Å²) in [4.78, 5) is 14.9. The van der Waals surface area contributed by atoms with Crippen molar-refractivity contribution in [1.82, 2.24) is 10.3 Å². The second-order valence-electron chi connectivity index (χ2n) is 7.30. The molecule has 0 saturated carbocycles. The number of nitrogens with zero attached hydrogens (tertiary/aromatic N) is 1. The number of hydrogen-bond acceptors (Lipinski definition) is 7. The molecule has 0 bridgehead atoms. The van der Waals surface area contributed by atoms with Crippen molar-refractivity contribution in [3.05, 3.63) is 78.0 Å². The molecule has 0 fully saturated rings. The van der Waals surface area contributed by atoms with Crippen LogP contribution in [0.2, 0.25) is 0 Å². The van der Waals surface area contributed by atoms with Crippen LogP contribution < -0.4 is 26.8 Å². The zero-order valence-corrected chi connectivity index (χ0v) is 18.5. The largest absolute Gasteiger partial charge is 0.387 e. The lowest BCUT2D eigenvalue weighted by Crippen LogP contribution is -2.23. The number of nitrogens with two attached hydrogens (primary N) is 2. The second-order valence-corrected chi connectivity index (χ2v) is 8.98. The number of benzene rings is 2. The number of carbonyl (C=O) groups excluding carboxylic acids is 1. The van der Waals surface area contributed by atoms with Gasteiger partial charge in [0.1, 0.15) is 5.82 Å². The molecule has 1 unspecified atom stereocenters. The fourth-order valence-electron chi connectivity index (χ4n) is 3.02. The lowest BCUT2D eigenvalue weighted by atomic mass is 10.1. The fraction of sp³-hybridized carbons (Fsp3) is 0.182. The molecule has 0 aliphatic carbocycles. The van der Waals surface area contributed by atoms with Gasteiger partial charge in [0.15, 0.2) is 0 Å². The van der Waals surface area contributed by atoms with Crippen LogP contribution in [-0.4, -0.2) is 37.6 Å². The first kappa shape index (κ1) is 24.0. The number of pyridine rings is 1. The molecule has 33 heavy (non-hydrogen) atoms. The number of aliphatic hydroxyl groups excluding tert-OH is 1. The maximum absolute atomic E-state index is 12.6. The maximum Gasteiger partial charge on any atom is 0.316 e. The molecule has 0 spiro atoms. The monoisotopic (exact) mass is 470 g/mol. The van der Waals surface area contributed by atoms with Crippen molar-refractivity contribution in [2.24, 2.45) is 5.73 Å². The first-order valence-electron chi connectivity index (χ1n) is 10.1. The van der Waals surface area contributed by atoms with E-state index in [0.717, 1.165) is 5.56 Å². The molecule has 1 atom stereocenters. The van der Waals surface area contributed by atoms with Crippen molar-refractivity contribution in [3.8, 4) is 0 Å². The smallest absolute Gasteiger partial charge is 0.316 e. The van der Waals surface area contributed by atoms with E-state index in [1.807, 2.05) is 12.1 Å². The van der Waals surface area contributed by atoms with Gasteiger partial charge in [0, 0.05) is 29.7 Å². The summed E-state index contributed by atoms with van der Waals surface area (Å²) in [6, 6.07) is 15.4. The number of primary amides is 1. The number of nitrogen functional groups attached to an aromatic ring is 1. The zero-order valence-electron chi connectivity index (χ0n) is 17.7. The minimum Gasteiger partial charge on any atom is -0.387 e. The van der Waals surface area contributed by atoms with Crippen LogP contribution in [0.5, 0.6) is 0 Å². The van der Waals surface area contributed by atoms with Crippen molar-refractivity contribution >= 4 is 33.2 Å². The van der Waals surface area contributed by atoms with Gasteiger partial charge in [-0.3, -0.25) is 4.72 Å². The van der Waals surface area contributed by atoms with Gasteiger partial charge >= 0.3 is 6.03 Å². The van der Waals surface area contributed by atoms with E-state index in [0.29, 0.717) is 42.3 Å². The van der Waals surface area contributed by atoms with Crippen molar-refractivity contribution in [1.29, 1.82) is 0 Å². The van der Waals surface area contributed by atoms with Gasteiger partial charge in [0.25, 0.3) is 10.0 Å². The average molecular weight is 471 g/mol. The molecule has 11 heteroatoms. The lowest BCUT2D eigenvalue weighted by Gasteiger charge is -2.12. The summed E-state index contributed by atoms with van der Waals surface area (Å²) in [5.41, 5.74) is 13.1. The van der Waals surface area contributed by atoms with E-state index in [1.165, 1.54) is 24.3 Å². The number of amides is 2. The Bertz CT molecular complexity index is 1170. The van der Waals surface area contributed by atoms with Crippen LogP contribution in [-0.2, 0) is 16.4 Å². The Balaban J connectivity index is 1.48. The van der Waals surface area contributed by atoms with E-state index in [-0.39, 0.29) is 4.90 Å². The molecule has 3 aromatic rings. The SMILES string of the molecule is NC(=O)Nc1ccc(S(=O)(=O)Nc2ccc(CCNCC(O)c3ccc(N)nc3)cc2)cc1. The van der Waals surface area contributed by atoms with Gasteiger partial charge in [-0.2, -0.15) is 0 Å². The molecule has 0 aliphatic rings. The highest BCUT2D eigenvalue weighted by molar-refractivity contribution is 7.92. The molecule has 8 N–H and O–H groups in total. The highest BCUT2D eigenvalue weighted by Crippen LogP contribution is 2.19. The first-order chi connectivity index (χ1) is 15.7. The molecule has 2 amide bonds. The zero-order chi connectivity index (χ0) is 23.8. The van der Waals surface area contributed by atoms with Gasteiger partial charge in [0.2, 0.25) is 0 Å². The van der Waals surface area contributed by atoms with Crippen LogP contribution in [0.3, 0.4) is 0 Å². The molecule has 0 radical (unpaired) electrons. The molecule has 0 saturated heterocycles. The Hall–Kier alpha value is -3.67. The Morgan fingerprint density at radius 3 is 2.27 bits per heavy atom. The average Bonchev–Trinajstić information content (AvgIpc) is 2.78. The first-order valence-corrected chi connectivity index (χ1v) is 11.6. The van der Waals surface area contributed by atoms with Gasteiger partial charge in [-0.25, -0.2) is 18.2 Å². The number of hydrogen-bond donors (Lipinski definition) is 6. The normalized spacial score (nSPS) is 12.2. The Morgan fingerprint density at radius 2 is 1.67 bits per heavy atom. The summed E-state index contributed by atoms with van der Waals surface area (Å²) in [5.74, 6) is 0.403. The number of rotatable bonds is 10. The fourth-order valence-corrected chi connectivity index (χ4v) is 4.08. The van der Waals surface area contributed by atoms with Gasteiger partial charge in [-0.15, -0.1) is 0 Å². The maximum atomic E-state index is 12.6. The summed E-state index contributed by atoms with van der Waals surface area (Å²) in [6.45, 7) is 1.01. The van der Waals surface area contributed by atoms with Gasteiger partial charge in [-0.1, -0.05) is 18.2 Å². The summed E-state index contributed by atoms with van der Waals surface area (Å²) < 4.78 is 27.6. The van der Waals surface area contributed by atoms with Crippen molar-refractivity contribution in [3.63, 3.8) is 0 Å². The second kappa shape index (κ2) is 10.8. The van der Waals surface area contributed by atoms with Crippen LogP contribution in [0.4, 0.5) is 22.0 Å². The molecule has 2 aromatic carbocycles. The van der Waals surface area contributed by atoms with Gasteiger partial charge in [0.05, 0.1) is 11.0 Å². The highest BCUT2D eigenvalue weighted by atomic mass is 32.2. The molecule has 10 nitrogen and oxygen atoms in total. The predicted molar refractivity (Wildman–Crippen MR) is 127 cm³/mol. The van der Waals surface area contributed by atoms with Crippen molar-refractivity contribution in [2.45, 2.75) is 17.4 Å². The predicted octanol–water partition coefficient (Wildman–Crippen LogP) is 1.82. The number of nitrogens with one attached hydrogen (secondary N) is 3. The summed E-state index contributed by atoms with van der Waals surface area (Å²) in [5, 5.41) is 15.7. The van der Waals surface area contributed by atoms with Crippen LogP contribution in [0.1, 0.15) is 17.2 Å². The molecular formula is C22H26N6O4S. The third-order valence-electron chi connectivity index (χ3n) is 4.76. The summed E-state index contributed by atoms with van der Waals surface area (Å²) >= 11 is 0. The molecule has 1 aromatic heterocycles. The number of urea groups is 1. The van der Waals surface area contributed by atoms with Gasteiger partial charge < -0.3 is 27.2 Å². The number of anilines is 3. The van der Waals surface area contributed by atoms with Gasteiger partial charge in [-0.05, 0) is 61.0 Å². The molecule has 1 heterocycles. The quantitative estimate of drug-likeness (QED) is 0.245. The summed E-state index contributed by atoms with van der Waals surface area (Å²) in [7, 11) is -3.78. The van der Waals surface area contributed by atoms with E-state index in [2.05, 4.69) is 20.3 Å². The minimum absolute atomic E-state index is 0.0562. The van der Waals surface area contributed by atoms with E-state index in [9.17, 15) is 18.3 Å². The van der Waals surface area contributed by atoms with E-state index >= 15 is 0 Å². The Morgan fingerprint density at radius 1 is 1.00 bits per heavy atom. The van der Waals surface area contributed by atoms with Crippen LogP contribution in [0.15, 0.2) is 71.8 Å². The van der Waals surface area contributed by atoms with Crippen LogP contribution in [0, 0.1) is 0 Å². The molecule has 174 valence electrons. The number of carbonyl (C=O) groups is 1. The topological polar surface area (TPSA) is 172 Å². The van der Waals surface area contributed by atoms with E-state index in [1.54, 1.807) is 30.5 Å². The number of aliphatic hydroxyl groups is 1. The molecular weight excluding hydrogens is 444 g/mol.